The lowest BCUT2D eigenvalue weighted by Gasteiger charge is -2.26. The highest BCUT2D eigenvalue weighted by Gasteiger charge is 2.23. The van der Waals surface area contributed by atoms with E-state index < -0.39 is 0 Å². The van der Waals surface area contributed by atoms with E-state index in [-0.39, 0.29) is 11.7 Å². The molecule has 0 bridgehead atoms. The quantitative estimate of drug-likeness (QED) is 0.847. The first-order valence-corrected chi connectivity index (χ1v) is 7.94. The summed E-state index contributed by atoms with van der Waals surface area (Å²) in [4.78, 5) is 14.6. The lowest BCUT2D eigenvalue weighted by molar-refractivity contribution is 0.0736. The van der Waals surface area contributed by atoms with Crippen LogP contribution in [0.3, 0.4) is 0 Å². The molecule has 116 valence electrons. The molecule has 1 unspecified atom stereocenters. The molecule has 2 rings (SSSR count). The molecule has 0 aliphatic carbocycles. The second-order valence-electron chi connectivity index (χ2n) is 5.92. The molecule has 4 heteroatoms. The first-order valence-electron chi connectivity index (χ1n) is 7.94. The molecule has 21 heavy (non-hydrogen) atoms. The van der Waals surface area contributed by atoms with E-state index in [2.05, 4.69) is 12.2 Å². The zero-order chi connectivity index (χ0) is 15.2. The number of phenolic OH excluding ortho intramolecular Hbond substituents is 1. The molecule has 4 nitrogen and oxygen atoms in total. The van der Waals surface area contributed by atoms with Crippen LogP contribution in [0.15, 0.2) is 18.2 Å². The Kier molecular flexibility index (Phi) is 5.62. The number of carbonyl (C=O) groups excluding carboxylic acids is 1. The maximum atomic E-state index is 12.7. The molecule has 1 aliphatic heterocycles. The fourth-order valence-electron chi connectivity index (χ4n) is 2.80. The van der Waals surface area contributed by atoms with E-state index in [1.165, 1.54) is 6.42 Å². The summed E-state index contributed by atoms with van der Waals surface area (Å²) in [5, 5.41) is 13.5. The highest BCUT2D eigenvalue weighted by atomic mass is 16.3. The fourth-order valence-corrected chi connectivity index (χ4v) is 2.80. The van der Waals surface area contributed by atoms with Crippen LogP contribution in [0, 0.1) is 6.92 Å². The van der Waals surface area contributed by atoms with Crippen LogP contribution in [0.4, 0.5) is 0 Å². The second-order valence-corrected chi connectivity index (χ2v) is 5.92. The highest BCUT2D eigenvalue weighted by molar-refractivity contribution is 5.96. The summed E-state index contributed by atoms with van der Waals surface area (Å²) in [7, 11) is 0. The minimum absolute atomic E-state index is 0.0605. The number of aryl methyl sites for hydroxylation is 1. The van der Waals surface area contributed by atoms with Crippen molar-refractivity contribution >= 4 is 5.91 Å². The summed E-state index contributed by atoms with van der Waals surface area (Å²) in [6.07, 6.45) is 4.35. The molecule has 0 saturated carbocycles. The van der Waals surface area contributed by atoms with Gasteiger partial charge in [0.05, 0.1) is 5.56 Å². The van der Waals surface area contributed by atoms with Crippen molar-refractivity contribution in [2.45, 2.75) is 45.6 Å². The van der Waals surface area contributed by atoms with Crippen molar-refractivity contribution in [1.82, 2.24) is 10.2 Å². The van der Waals surface area contributed by atoms with Gasteiger partial charge in [0.2, 0.25) is 0 Å². The van der Waals surface area contributed by atoms with Crippen molar-refractivity contribution in [2.75, 3.05) is 19.6 Å². The molecule has 0 spiro atoms. The summed E-state index contributed by atoms with van der Waals surface area (Å²) >= 11 is 0. The van der Waals surface area contributed by atoms with Crippen LogP contribution < -0.4 is 5.32 Å². The van der Waals surface area contributed by atoms with Gasteiger partial charge in [0.25, 0.3) is 5.91 Å². The third kappa shape index (κ3) is 4.21. The van der Waals surface area contributed by atoms with E-state index in [9.17, 15) is 9.90 Å². The molecule has 1 saturated heterocycles. The smallest absolute Gasteiger partial charge is 0.257 e. The number of hydrogen-bond donors (Lipinski definition) is 2. The van der Waals surface area contributed by atoms with Crippen LogP contribution in [0.25, 0.3) is 0 Å². The van der Waals surface area contributed by atoms with Crippen LogP contribution in [0.2, 0.25) is 0 Å². The Morgan fingerprint density at radius 1 is 1.48 bits per heavy atom. The van der Waals surface area contributed by atoms with Crippen molar-refractivity contribution in [2.24, 2.45) is 0 Å². The van der Waals surface area contributed by atoms with E-state index >= 15 is 0 Å². The van der Waals surface area contributed by atoms with Crippen molar-refractivity contribution < 1.29 is 9.90 Å². The number of carbonyl (C=O) groups is 1. The topological polar surface area (TPSA) is 52.6 Å². The second kappa shape index (κ2) is 7.46. The molecule has 0 radical (unpaired) electrons. The minimum Gasteiger partial charge on any atom is -0.507 e. The zero-order valence-corrected chi connectivity index (χ0v) is 13.1. The molecule has 1 aromatic rings. The number of amides is 1. The van der Waals surface area contributed by atoms with Crippen molar-refractivity contribution in [3.8, 4) is 5.75 Å². The van der Waals surface area contributed by atoms with Crippen LogP contribution in [-0.4, -0.2) is 41.6 Å². The standard InChI is InChI=1S/C17H26N2O2/c1-3-4-10-19(12-14-6-5-9-18-14)17(21)15-8-7-13(2)11-16(15)20/h7-8,11,14,18,20H,3-6,9-10,12H2,1-2H3. The van der Waals surface area contributed by atoms with E-state index in [1.54, 1.807) is 12.1 Å². The van der Waals surface area contributed by atoms with Crippen LogP contribution in [-0.2, 0) is 0 Å². The van der Waals surface area contributed by atoms with E-state index in [4.69, 9.17) is 0 Å². The molecule has 0 aromatic heterocycles. The summed E-state index contributed by atoms with van der Waals surface area (Å²) in [5.74, 6) is 0.0236. The Morgan fingerprint density at radius 2 is 2.29 bits per heavy atom. The maximum absolute atomic E-state index is 12.7. The van der Waals surface area contributed by atoms with E-state index in [0.29, 0.717) is 11.6 Å². The Balaban J connectivity index is 2.11. The molecule has 1 atom stereocenters. The number of unbranched alkanes of at least 4 members (excludes halogenated alkanes) is 1. The summed E-state index contributed by atoms with van der Waals surface area (Å²) in [6.45, 7) is 6.55. The third-order valence-electron chi connectivity index (χ3n) is 4.06. The Morgan fingerprint density at radius 3 is 2.90 bits per heavy atom. The molecule has 1 heterocycles. The van der Waals surface area contributed by atoms with Crippen molar-refractivity contribution in [1.29, 1.82) is 0 Å². The SMILES string of the molecule is CCCCN(CC1CCCN1)C(=O)c1ccc(C)cc1O. The predicted molar refractivity (Wildman–Crippen MR) is 84.7 cm³/mol. The number of hydrogen-bond acceptors (Lipinski definition) is 3. The van der Waals surface area contributed by atoms with Gasteiger partial charge in [0.15, 0.2) is 0 Å². The van der Waals surface area contributed by atoms with Gasteiger partial charge in [-0.3, -0.25) is 4.79 Å². The summed E-state index contributed by atoms with van der Waals surface area (Å²) in [5.41, 5.74) is 1.37. The number of aromatic hydroxyl groups is 1. The van der Waals surface area contributed by atoms with E-state index in [1.807, 2.05) is 17.9 Å². The highest BCUT2D eigenvalue weighted by Crippen LogP contribution is 2.21. The van der Waals surface area contributed by atoms with Crippen LogP contribution in [0.5, 0.6) is 5.75 Å². The Labute approximate surface area is 127 Å². The largest absolute Gasteiger partial charge is 0.507 e. The molecule has 1 aromatic carbocycles. The van der Waals surface area contributed by atoms with Gasteiger partial charge in [0, 0.05) is 19.1 Å². The number of nitrogens with zero attached hydrogens (tertiary/aromatic N) is 1. The normalized spacial score (nSPS) is 17.9. The monoisotopic (exact) mass is 290 g/mol. The van der Waals surface area contributed by atoms with Gasteiger partial charge in [-0.25, -0.2) is 0 Å². The third-order valence-corrected chi connectivity index (χ3v) is 4.06. The maximum Gasteiger partial charge on any atom is 0.257 e. The first-order chi connectivity index (χ1) is 10.1. The number of phenols is 1. The number of nitrogens with one attached hydrogen (secondary N) is 1. The summed E-state index contributed by atoms with van der Waals surface area (Å²) < 4.78 is 0. The van der Waals surface area contributed by atoms with Gasteiger partial charge in [-0.2, -0.15) is 0 Å². The summed E-state index contributed by atoms with van der Waals surface area (Å²) in [6, 6.07) is 5.64. The van der Waals surface area contributed by atoms with Gasteiger partial charge < -0.3 is 15.3 Å². The molecule has 1 amide bonds. The van der Waals surface area contributed by atoms with Crippen molar-refractivity contribution in [3.05, 3.63) is 29.3 Å². The zero-order valence-electron chi connectivity index (χ0n) is 13.1. The molecule has 1 aliphatic rings. The molecular formula is C17H26N2O2. The van der Waals surface area contributed by atoms with Crippen LogP contribution >= 0.6 is 0 Å². The average molecular weight is 290 g/mol. The van der Waals surface area contributed by atoms with Gasteiger partial charge in [-0.1, -0.05) is 19.4 Å². The molecular weight excluding hydrogens is 264 g/mol. The number of rotatable bonds is 6. The molecule has 2 N–H and O–H groups in total. The predicted octanol–water partition coefficient (Wildman–Crippen LogP) is 2.69. The van der Waals surface area contributed by atoms with Crippen LogP contribution in [0.1, 0.15) is 48.5 Å². The minimum atomic E-state index is -0.0605. The first kappa shape index (κ1) is 15.8. The Hall–Kier alpha value is -1.55. The average Bonchev–Trinajstić information content (AvgIpc) is 2.95. The molecule has 1 fully saturated rings. The van der Waals surface area contributed by atoms with Gasteiger partial charge in [0.1, 0.15) is 5.75 Å². The Bertz CT molecular complexity index is 482. The van der Waals surface area contributed by atoms with Crippen molar-refractivity contribution in [3.63, 3.8) is 0 Å². The van der Waals surface area contributed by atoms with E-state index in [0.717, 1.165) is 44.5 Å². The number of benzene rings is 1. The lowest BCUT2D eigenvalue weighted by atomic mass is 10.1. The lowest BCUT2D eigenvalue weighted by Crippen LogP contribution is -2.41. The van der Waals surface area contributed by atoms with Gasteiger partial charge >= 0.3 is 0 Å². The van der Waals surface area contributed by atoms with Gasteiger partial charge in [-0.05, 0) is 50.4 Å². The van der Waals surface area contributed by atoms with Gasteiger partial charge in [-0.15, -0.1) is 0 Å². The fraction of sp³-hybridized carbons (Fsp3) is 0.588.